The third-order valence-electron chi connectivity index (χ3n) is 2.73. The van der Waals surface area contributed by atoms with Crippen LogP contribution in [0.5, 0.6) is 0 Å². The molecule has 1 N–H and O–H groups in total. The van der Waals surface area contributed by atoms with Gasteiger partial charge in [0.05, 0.1) is 11.7 Å². The lowest BCUT2D eigenvalue weighted by Gasteiger charge is -2.29. The maximum atomic E-state index is 5.85. The number of anilines is 1. The van der Waals surface area contributed by atoms with Gasteiger partial charge in [0.1, 0.15) is 0 Å². The van der Waals surface area contributed by atoms with Crippen molar-refractivity contribution in [1.82, 2.24) is 13.6 Å². The average molecular weight is 247 g/mol. The molecule has 6 heteroatoms. The smallest absolute Gasteiger partial charge is 0.186 e. The molecule has 0 radical (unpaired) electrons. The minimum absolute atomic E-state index is 0.490. The van der Waals surface area contributed by atoms with Gasteiger partial charge in [-0.2, -0.15) is 8.75 Å². The summed E-state index contributed by atoms with van der Waals surface area (Å²) in [5, 5.41) is 3.75. The fourth-order valence-electron chi connectivity index (χ4n) is 1.96. The molecule has 15 heavy (non-hydrogen) atoms. The van der Waals surface area contributed by atoms with Crippen molar-refractivity contribution in [2.75, 3.05) is 32.0 Å². The van der Waals surface area contributed by atoms with E-state index in [2.05, 4.69) is 26.0 Å². The summed E-state index contributed by atoms with van der Waals surface area (Å²) in [7, 11) is 2.17. The van der Waals surface area contributed by atoms with E-state index in [1.165, 1.54) is 19.4 Å². The van der Waals surface area contributed by atoms with Crippen LogP contribution in [-0.4, -0.2) is 40.3 Å². The Balaban J connectivity index is 1.80. The Bertz CT molecular complexity index is 317. The maximum absolute atomic E-state index is 5.85. The summed E-state index contributed by atoms with van der Waals surface area (Å²) in [6.07, 6.45) is 2.57. The second kappa shape index (κ2) is 5.09. The minimum atomic E-state index is 0.490. The first-order valence-electron chi connectivity index (χ1n) is 5.16. The molecule has 1 aliphatic heterocycles. The molecule has 0 amide bonds. The van der Waals surface area contributed by atoms with Crippen molar-refractivity contribution in [2.45, 2.75) is 12.8 Å². The van der Waals surface area contributed by atoms with Gasteiger partial charge in [-0.05, 0) is 32.4 Å². The molecular weight excluding hydrogens is 232 g/mol. The highest BCUT2D eigenvalue weighted by atomic mass is 35.5. The molecule has 2 heterocycles. The fraction of sp³-hybridized carbons (Fsp3) is 0.778. The number of aromatic nitrogens is 2. The standard InChI is InChI=1S/C9H15ClN4S/c1-14-4-2-3-7(6-14)5-11-9-8(10)12-15-13-9/h7H,2-6H2,1H3,(H,11,13). The van der Waals surface area contributed by atoms with Crippen LogP contribution in [0, 0.1) is 5.92 Å². The lowest BCUT2D eigenvalue weighted by Crippen LogP contribution is -2.35. The number of nitrogens with zero attached hydrogens (tertiary/aromatic N) is 3. The van der Waals surface area contributed by atoms with Crippen LogP contribution in [0.2, 0.25) is 5.15 Å². The van der Waals surface area contributed by atoms with E-state index in [-0.39, 0.29) is 0 Å². The molecule has 1 saturated heterocycles. The van der Waals surface area contributed by atoms with Crippen LogP contribution in [0.3, 0.4) is 0 Å². The SMILES string of the molecule is CN1CCCC(CNc2nsnc2Cl)C1. The molecule has 1 atom stereocenters. The number of halogens is 1. The first kappa shape index (κ1) is 11.1. The number of hydrogen-bond donors (Lipinski definition) is 1. The van der Waals surface area contributed by atoms with Gasteiger partial charge in [-0.1, -0.05) is 11.6 Å². The van der Waals surface area contributed by atoms with Crippen molar-refractivity contribution >= 4 is 29.1 Å². The number of piperidine rings is 1. The van der Waals surface area contributed by atoms with Crippen LogP contribution in [0.25, 0.3) is 0 Å². The topological polar surface area (TPSA) is 41.0 Å². The molecule has 0 aromatic carbocycles. The van der Waals surface area contributed by atoms with E-state index >= 15 is 0 Å². The Hall–Kier alpha value is -0.390. The molecule has 0 saturated carbocycles. The van der Waals surface area contributed by atoms with Crippen molar-refractivity contribution in [3.63, 3.8) is 0 Å². The molecule has 0 aliphatic carbocycles. The molecule has 1 aromatic rings. The minimum Gasteiger partial charge on any atom is -0.366 e. The van der Waals surface area contributed by atoms with Gasteiger partial charge < -0.3 is 10.2 Å². The molecular formula is C9H15ClN4S. The number of rotatable bonds is 3. The van der Waals surface area contributed by atoms with Gasteiger partial charge in [-0.3, -0.25) is 0 Å². The molecule has 1 unspecified atom stereocenters. The summed E-state index contributed by atoms with van der Waals surface area (Å²) in [6, 6.07) is 0. The summed E-state index contributed by atoms with van der Waals surface area (Å²) < 4.78 is 8.01. The summed E-state index contributed by atoms with van der Waals surface area (Å²) in [4.78, 5) is 2.37. The summed E-state index contributed by atoms with van der Waals surface area (Å²) >= 11 is 7.00. The van der Waals surface area contributed by atoms with E-state index in [1.54, 1.807) is 0 Å². The Morgan fingerprint density at radius 2 is 2.47 bits per heavy atom. The van der Waals surface area contributed by atoms with Crippen molar-refractivity contribution in [2.24, 2.45) is 5.92 Å². The molecule has 84 valence electrons. The van der Waals surface area contributed by atoms with Gasteiger partial charge in [0, 0.05) is 13.1 Å². The zero-order valence-corrected chi connectivity index (χ0v) is 10.3. The lowest BCUT2D eigenvalue weighted by atomic mass is 9.98. The second-order valence-corrected chi connectivity index (χ2v) is 4.94. The largest absolute Gasteiger partial charge is 0.366 e. The van der Waals surface area contributed by atoms with E-state index in [0.717, 1.165) is 30.6 Å². The van der Waals surface area contributed by atoms with Crippen molar-refractivity contribution in [3.05, 3.63) is 5.15 Å². The van der Waals surface area contributed by atoms with Crippen LogP contribution in [0.15, 0.2) is 0 Å². The molecule has 1 fully saturated rings. The zero-order chi connectivity index (χ0) is 10.7. The van der Waals surface area contributed by atoms with Gasteiger partial charge in [0.15, 0.2) is 11.0 Å². The lowest BCUT2D eigenvalue weighted by molar-refractivity contribution is 0.217. The van der Waals surface area contributed by atoms with E-state index in [9.17, 15) is 0 Å². The first-order valence-corrected chi connectivity index (χ1v) is 6.27. The predicted molar refractivity (Wildman–Crippen MR) is 63.6 cm³/mol. The highest BCUT2D eigenvalue weighted by Gasteiger charge is 2.17. The third-order valence-corrected chi connectivity index (χ3v) is 3.62. The average Bonchev–Trinajstić information content (AvgIpc) is 2.61. The number of hydrogen-bond acceptors (Lipinski definition) is 5. The van der Waals surface area contributed by atoms with Crippen molar-refractivity contribution in [1.29, 1.82) is 0 Å². The number of likely N-dealkylation sites (tertiary alicyclic amines) is 1. The normalized spacial score (nSPS) is 22.9. The second-order valence-electron chi connectivity index (χ2n) is 4.06. The molecule has 2 rings (SSSR count). The molecule has 0 spiro atoms. The maximum Gasteiger partial charge on any atom is 0.186 e. The van der Waals surface area contributed by atoms with Crippen LogP contribution in [0.1, 0.15) is 12.8 Å². The number of nitrogens with one attached hydrogen (secondary N) is 1. The summed E-state index contributed by atoms with van der Waals surface area (Å²) in [5.41, 5.74) is 0. The molecule has 1 aromatic heterocycles. The molecule has 0 bridgehead atoms. The predicted octanol–water partition coefficient (Wildman–Crippen LogP) is 1.95. The highest BCUT2D eigenvalue weighted by molar-refractivity contribution is 6.99. The third kappa shape index (κ3) is 3.03. The van der Waals surface area contributed by atoms with Gasteiger partial charge in [-0.25, -0.2) is 0 Å². The Kier molecular flexibility index (Phi) is 3.77. The summed E-state index contributed by atoms with van der Waals surface area (Å²) in [5.74, 6) is 1.43. The van der Waals surface area contributed by atoms with Gasteiger partial charge in [-0.15, -0.1) is 0 Å². The van der Waals surface area contributed by atoms with Gasteiger partial charge in [0.2, 0.25) is 0 Å². The van der Waals surface area contributed by atoms with Crippen molar-refractivity contribution in [3.8, 4) is 0 Å². The zero-order valence-electron chi connectivity index (χ0n) is 8.74. The monoisotopic (exact) mass is 246 g/mol. The quantitative estimate of drug-likeness (QED) is 0.885. The van der Waals surface area contributed by atoms with Crippen LogP contribution >= 0.6 is 23.3 Å². The Morgan fingerprint density at radius 3 is 3.13 bits per heavy atom. The fourth-order valence-corrected chi connectivity index (χ4v) is 2.65. The molecule has 1 aliphatic rings. The Labute approximate surface area is 99.0 Å². The van der Waals surface area contributed by atoms with Crippen LogP contribution in [0.4, 0.5) is 5.82 Å². The van der Waals surface area contributed by atoms with Crippen LogP contribution < -0.4 is 5.32 Å². The summed E-state index contributed by atoms with van der Waals surface area (Å²) in [6.45, 7) is 3.31. The van der Waals surface area contributed by atoms with Gasteiger partial charge in [0.25, 0.3) is 0 Å². The Morgan fingerprint density at radius 1 is 1.60 bits per heavy atom. The van der Waals surface area contributed by atoms with E-state index in [4.69, 9.17) is 11.6 Å². The molecule has 4 nitrogen and oxygen atoms in total. The van der Waals surface area contributed by atoms with E-state index in [1.807, 2.05) is 0 Å². The van der Waals surface area contributed by atoms with E-state index in [0.29, 0.717) is 11.1 Å². The van der Waals surface area contributed by atoms with Crippen molar-refractivity contribution < 1.29 is 0 Å². The highest BCUT2D eigenvalue weighted by Crippen LogP contribution is 2.20. The van der Waals surface area contributed by atoms with Crippen LogP contribution in [-0.2, 0) is 0 Å². The van der Waals surface area contributed by atoms with Gasteiger partial charge >= 0.3 is 0 Å². The van der Waals surface area contributed by atoms with E-state index < -0.39 is 0 Å². The first-order chi connectivity index (χ1) is 7.25.